The van der Waals surface area contributed by atoms with Crippen molar-refractivity contribution in [2.24, 2.45) is 0 Å². The van der Waals surface area contributed by atoms with Crippen molar-refractivity contribution in [3.8, 4) is 0 Å². The van der Waals surface area contributed by atoms with Crippen LogP contribution in [0.2, 0.25) is 0 Å². The first-order chi connectivity index (χ1) is 7.20. The van der Waals surface area contributed by atoms with Crippen LogP contribution in [-0.2, 0) is 6.42 Å². The zero-order valence-electron chi connectivity index (χ0n) is 9.10. The van der Waals surface area contributed by atoms with Crippen LogP contribution >= 0.6 is 11.6 Å². The minimum atomic E-state index is 0.690. The van der Waals surface area contributed by atoms with Gasteiger partial charge in [0.05, 0.1) is 11.0 Å². The largest absolute Gasteiger partial charge is 0.342 e. The second kappa shape index (κ2) is 4.23. The van der Waals surface area contributed by atoms with Crippen molar-refractivity contribution in [3.05, 3.63) is 29.1 Å². The number of hydrogen-bond acceptors (Lipinski definition) is 1. The predicted molar refractivity (Wildman–Crippen MR) is 64.6 cm³/mol. The summed E-state index contributed by atoms with van der Waals surface area (Å²) in [7, 11) is 0. The number of rotatable bonds is 3. The monoisotopic (exact) mass is 222 g/mol. The number of aromatic nitrogens is 2. The number of fused-ring (bicyclic) bond motifs is 1. The summed E-state index contributed by atoms with van der Waals surface area (Å²) >= 11 is 5.66. The van der Waals surface area contributed by atoms with E-state index < -0.39 is 0 Å². The molecule has 0 spiro atoms. The minimum Gasteiger partial charge on any atom is -0.342 e. The third-order valence-corrected chi connectivity index (χ3v) is 2.96. The van der Waals surface area contributed by atoms with Crippen LogP contribution in [0.3, 0.4) is 0 Å². The van der Waals surface area contributed by atoms with E-state index in [0.717, 1.165) is 29.7 Å². The molecular weight excluding hydrogens is 208 g/mol. The number of halogens is 1. The molecule has 1 N–H and O–H groups in total. The van der Waals surface area contributed by atoms with Crippen LogP contribution in [0, 0.1) is 13.8 Å². The topological polar surface area (TPSA) is 28.7 Å². The number of alkyl halides is 1. The van der Waals surface area contributed by atoms with E-state index in [4.69, 9.17) is 11.6 Å². The van der Waals surface area contributed by atoms with Gasteiger partial charge in [-0.15, -0.1) is 11.6 Å². The molecule has 0 aliphatic carbocycles. The first-order valence-corrected chi connectivity index (χ1v) is 5.76. The molecule has 0 saturated heterocycles. The highest BCUT2D eigenvalue weighted by Gasteiger charge is 2.04. The number of aryl methyl sites for hydroxylation is 3. The van der Waals surface area contributed by atoms with Crippen LogP contribution < -0.4 is 0 Å². The van der Waals surface area contributed by atoms with E-state index in [0.29, 0.717) is 5.88 Å². The average Bonchev–Trinajstić information content (AvgIpc) is 2.58. The van der Waals surface area contributed by atoms with Crippen molar-refractivity contribution in [2.75, 3.05) is 5.88 Å². The van der Waals surface area contributed by atoms with Crippen LogP contribution in [-0.4, -0.2) is 15.8 Å². The number of imidazole rings is 1. The Hall–Kier alpha value is -1.02. The summed E-state index contributed by atoms with van der Waals surface area (Å²) in [4.78, 5) is 7.87. The van der Waals surface area contributed by atoms with Gasteiger partial charge >= 0.3 is 0 Å². The number of hydrogen-bond donors (Lipinski definition) is 1. The number of nitrogens with one attached hydrogen (secondary N) is 1. The summed E-state index contributed by atoms with van der Waals surface area (Å²) in [5.74, 6) is 1.73. The molecule has 0 aliphatic heterocycles. The summed E-state index contributed by atoms with van der Waals surface area (Å²) in [6.07, 6.45) is 1.90. The molecule has 3 heteroatoms. The molecular formula is C12H15ClN2. The molecule has 1 aromatic carbocycles. The van der Waals surface area contributed by atoms with Gasteiger partial charge in [-0.2, -0.15) is 0 Å². The molecule has 15 heavy (non-hydrogen) atoms. The van der Waals surface area contributed by atoms with Crippen molar-refractivity contribution < 1.29 is 0 Å². The fourth-order valence-electron chi connectivity index (χ4n) is 1.68. The van der Waals surface area contributed by atoms with E-state index >= 15 is 0 Å². The molecule has 0 radical (unpaired) electrons. The van der Waals surface area contributed by atoms with Gasteiger partial charge in [0.1, 0.15) is 5.82 Å². The van der Waals surface area contributed by atoms with Gasteiger partial charge in [-0.05, 0) is 43.5 Å². The summed E-state index contributed by atoms with van der Waals surface area (Å²) in [5.41, 5.74) is 4.78. The van der Waals surface area contributed by atoms with E-state index in [1.807, 2.05) is 0 Å². The first kappa shape index (κ1) is 10.5. The maximum Gasteiger partial charge on any atom is 0.107 e. The number of nitrogens with zero attached hydrogens (tertiary/aromatic N) is 1. The van der Waals surface area contributed by atoms with E-state index in [1.54, 1.807) is 0 Å². The van der Waals surface area contributed by atoms with Crippen molar-refractivity contribution in [1.29, 1.82) is 0 Å². The summed E-state index contributed by atoms with van der Waals surface area (Å²) in [6.45, 7) is 4.23. The molecule has 0 fully saturated rings. The lowest BCUT2D eigenvalue weighted by Gasteiger charge is -1.97. The van der Waals surface area contributed by atoms with Gasteiger partial charge in [0.25, 0.3) is 0 Å². The Morgan fingerprint density at radius 1 is 1.27 bits per heavy atom. The zero-order valence-corrected chi connectivity index (χ0v) is 9.86. The van der Waals surface area contributed by atoms with E-state index in [9.17, 15) is 0 Å². The average molecular weight is 223 g/mol. The summed E-state index contributed by atoms with van der Waals surface area (Å²) in [5, 5.41) is 0. The van der Waals surface area contributed by atoms with E-state index in [1.165, 1.54) is 11.1 Å². The Morgan fingerprint density at radius 3 is 2.73 bits per heavy atom. The van der Waals surface area contributed by atoms with Crippen molar-refractivity contribution in [3.63, 3.8) is 0 Å². The molecule has 0 aliphatic rings. The smallest absolute Gasteiger partial charge is 0.107 e. The maximum atomic E-state index is 5.66. The number of H-pyrrole nitrogens is 1. The highest BCUT2D eigenvalue weighted by molar-refractivity contribution is 6.17. The molecule has 2 rings (SSSR count). The van der Waals surface area contributed by atoms with Crippen LogP contribution in [0.1, 0.15) is 23.4 Å². The van der Waals surface area contributed by atoms with Crippen molar-refractivity contribution in [2.45, 2.75) is 26.7 Å². The lowest BCUT2D eigenvalue weighted by atomic mass is 10.1. The van der Waals surface area contributed by atoms with Crippen LogP contribution in [0.4, 0.5) is 0 Å². The van der Waals surface area contributed by atoms with Crippen molar-refractivity contribution in [1.82, 2.24) is 9.97 Å². The van der Waals surface area contributed by atoms with E-state index in [2.05, 4.69) is 35.9 Å². The maximum absolute atomic E-state index is 5.66. The summed E-state index contributed by atoms with van der Waals surface area (Å²) < 4.78 is 0. The summed E-state index contributed by atoms with van der Waals surface area (Å²) in [6, 6.07) is 4.28. The second-order valence-electron chi connectivity index (χ2n) is 3.93. The lowest BCUT2D eigenvalue weighted by molar-refractivity contribution is 0.867. The Balaban J connectivity index is 2.38. The minimum absolute atomic E-state index is 0.690. The Bertz CT molecular complexity index is 435. The van der Waals surface area contributed by atoms with Crippen LogP contribution in [0.25, 0.3) is 11.0 Å². The normalized spacial score (nSPS) is 11.1. The molecule has 0 amide bonds. The zero-order chi connectivity index (χ0) is 10.8. The number of benzene rings is 1. The number of aromatic amines is 1. The van der Waals surface area contributed by atoms with Gasteiger partial charge in [-0.3, -0.25) is 0 Å². The molecule has 80 valence electrons. The Kier molecular flexibility index (Phi) is 2.96. The highest BCUT2D eigenvalue weighted by atomic mass is 35.5. The standard InChI is InChI=1S/C12H15ClN2/c1-8-6-10-11(7-9(8)2)15-12(14-10)4-3-5-13/h6-7H,3-5H2,1-2H3,(H,14,15). The lowest BCUT2D eigenvalue weighted by Crippen LogP contribution is -1.87. The van der Waals surface area contributed by atoms with E-state index in [-0.39, 0.29) is 0 Å². The molecule has 0 atom stereocenters. The molecule has 2 aromatic rings. The second-order valence-corrected chi connectivity index (χ2v) is 4.31. The SMILES string of the molecule is Cc1cc2nc(CCCCl)[nH]c2cc1C. The van der Waals surface area contributed by atoms with Gasteiger partial charge in [-0.1, -0.05) is 0 Å². The Labute approximate surface area is 94.7 Å². The van der Waals surface area contributed by atoms with Gasteiger partial charge in [-0.25, -0.2) is 4.98 Å². The first-order valence-electron chi connectivity index (χ1n) is 5.22. The Morgan fingerprint density at radius 2 is 2.00 bits per heavy atom. The van der Waals surface area contributed by atoms with Crippen LogP contribution in [0.15, 0.2) is 12.1 Å². The third kappa shape index (κ3) is 2.15. The van der Waals surface area contributed by atoms with Gasteiger partial charge < -0.3 is 4.98 Å². The van der Waals surface area contributed by atoms with Crippen LogP contribution in [0.5, 0.6) is 0 Å². The quantitative estimate of drug-likeness (QED) is 0.793. The van der Waals surface area contributed by atoms with Gasteiger partial charge in [0.15, 0.2) is 0 Å². The van der Waals surface area contributed by atoms with Gasteiger partial charge in [0, 0.05) is 12.3 Å². The molecule has 1 heterocycles. The fourth-order valence-corrected chi connectivity index (χ4v) is 1.81. The highest BCUT2D eigenvalue weighted by Crippen LogP contribution is 2.17. The van der Waals surface area contributed by atoms with Crippen molar-refractivity contribution >= 4 is 22.6 Å². The molecule has 2 nitrogen and oxygen atoms in total. The fraction of sp³-hybridized carbons (Fsp3) is 0.417. The molecule has 0 saturated carbocycles. The van der Waals surface area contributed by atoms with Gasteiger partial charge in [0.2, 0.25) is 0 Å². The third-order valence-electron chi connectivity index (χ3n) is 2.69. The molecule has 0 bridgehead atoms. The molecule has 1 aromatic heterocycles. The predicted octanol–water partition coefficient (Wildman–Crippen LogP) is 3.35. The molecule has 0 unspecified atom stereocenters.